The molecule has 4 aromatic rings. The third-order valence-corrected chi connectivity index (χ3v) is 5.80. The van der Waals surface area contributed by atoms with Crippen LogP contribution in [0.2, 0.25) is 0 Å². The predicted octanol–water partition coefficient (Wildman–Crippen LogP) is 4.98. The highest BCUT2D eigenvalue weighted by Gasteiger charge is 2.35. The number of hydrogen-bond acceptors (Lipinski definition) is 5. The number of aromatic nitrogens is 5. The number of imidazole rings is 1. The molecule has 0 spiro atoms. The summed E-state index contributed by atoms with van der Waals surface area (Å²) in [5.74, 6) is -0.0348. The van der Waals surface area contributed by atoms with E-state index in [0.29, 0.717) is 42.8 Å². The van der Waals surface area contributed by atoms with Gasteiger partial charge in [0.1, 0.15) is 5.65 Å². The molecule has 32 heavy (non-hydrogen) atoms. The van der Waals surface area contributed by atoms with Gasteiger partial charge >= 0.3 is 6.36 Å². The van der Waals surface area contributed by atoms with Crippen molar-refractivity contribution < 1.29 is 22.3 Å². The number of ether oxygens (including phenoxy) is 1. The Morgan fingerprint density at radius 3 is 2.69 bits per heavy atom. The quantitative estimate of drug-likeness (QED) is 0.431. The van der Waals surface area contributed by atoms with Crippen molar-refractivity contribution in [3.8, 4) is 11.1 Å². The number of rotatable bonds is 4. The Hall–Kier alpha value is -3.21. The van der Waals surface area contributed by atoms with E-state index in [0.717, 1.165) is 16.6 Å². The van der Waals surface area contributed by atoms with E-state index in [9.17, 15) is 17.6 Å². The Labute approximate surface area is 179 Å². The fraction of sp³-hybridized carbons (Fsp3) is 0.381. The van der Waals surface area contributed by atoms with Gasteiger partial charge in [-0.3, -0.25) is 4.74 Å². The Kier molecular flexibility index (Phi) is 5.00. The van der Waals surface area contributed by atoms with Crippen LogP contribution in [0.5, 0.6) is 0 Å². The molecule has 1 fully saturated rings. The van der Waals surface area contributed by atoms with Gasteiger partial charge in [0.15, 0.2) is 11.5 Å². The molecule has 1 aliphatic rings. The number of anilines is 1. The first kappa shape index (κ1) is 20.7. The molecule has 0 unspecified atom stereocenters. The maximum atomic E-state index is 14.5. The molecule has 4 aromatic heterocycles. The summed E-state index contributed by atoms with van der Waals surface area (Å²) in [5.41, 5.74) is 3.08. The van der Waals surface area contributed by atoms with Crippen LogP contribution in [0, 0.1) is 12.7 Å². The van der Waals surface area contributed by atoms with Gasteiger partial charge in [-0.2, -0.15) is 4.98 Å². The molecular formula is C21H20F4N6O. The van der Waals surface area contributed by atoms with Crippen molar-refractivity contribution in [2.24, 2.45) is 0 Å². The highest BCUT2D eigenvalue weighted by atomic mass is 19.4. The molecule has 1 saturated carbocycles. The average molecular weight is 448 g/mol. The summed E-state index contributed by atoms with van der Waals surface area (Å²) < 4.78 is 57.4. The molecule has 1 aliphatic carbocycles. The highest BCUT2D eigenvalue weighted by molar-refractivity contribution is 5.93. The van der Waals surface area contributed by atoms with Crippen molar-refractivity contribution >= 4 is 22.6 Å². The smallest absolute Gasteiger partial charge is 0.351 e. The third-order valence-electron chi connectivity index (χ3n) is 5.80. The van der Waals surface area contributed by atoms with Crippen LogP contribution >= 0.6 is 0 Å². The highest BCUT2D eigenvalue weighted by Crippen LogP contribution is 2.31. The van der Waals surface area contributed by atoms with Crippen molar-refractivity contribution in [2.45, 2.75) is 51.1 Å². The van der Waals surface area contributed by atoms with Crippen molar-refractivity contribution in [1.29, 1.82) is 0 Å². The minimum absolute atomic E-state index is 0.0318. The first-order chi connectivity index (χ1) is 15.3. The molecular weight excluding hydrogens is 428 g/mol. The lowest BCUT2D eigenvalue weighted by Gasteiger charge is -2.29. The minimum atomic E-state index is -4.60. The van der Waals surface area contributed by atoms with Crippen LogP contribution in [-0.2, 0) is 4.74 Å². The van der Waals surface area contributed by atoms with Crippen LogP contribution in [-0.4, -0.2) is 42.8 Å². The first-order valence-electron chi connectivity index (χ1n) is 10.3. The Morgan fingerprint density at radius 2 is 1.94 bits per heavy atom. The lowest BCUT2D eigenvalue weighted by atomic mass is 9.93. The van der Waals surface area contributed by atoms with Crippen LogP contribution in [0.25, 0.3) is 27.8 Å². The molecule has 0 aromatic carbocycles. The average Bonchev–Trinajstić information content (AvgIpc) is 3.32. The zero-order valence-electron chi connectivity index (χ0n) is 17.1. The number of H-pyrrole nitrogens is 1. The summed E-state index contributed by atoms with van der Waals surface area (Å²) in [6, 6.07) is 1.40. The third kappa shape index (κ3) is 3.99. The van der Waals surface area contributed by atoms with E-state index in [1.807, 2.05) is 13.1 Å². The van der Waals surface area contributed by atoms with Gasteiger partial charge in [0.2, 0.25) is 5.95 Å². The van der Waals surface area contributed by atoms with Crippen LogP contribution in [0.1, 0.15) is 31.4 Å². The summed E-state index contributed by atoms with van der Waals surface area (Å²) >= 11 is 0. The summed E-state index contributed by atoms with van der Waals surface area (Å²) in [6.07, 6.45) is 3.10. The Morgan fingerprint density at radius 1 is 1.16 bits per heavy atom. The van der Waals surface area contributed by atoms with Gasteiger partial charge in [0.25, 0.3) is 0 Å². The van der Waals surface area contributed by atoms with E-state index < -0.39 is 18.3 Å². The van der Waals surface area contributed by atoms with Gasteiger partial charge in [-0.1, -0.05) is 0 Å². The largest absolute Gasteiger partial charge is 0.522 e. The van der Waals surface area contributed by atoms with E-state index >= 15 is 0 Å². The number of alkyl halides is 3. The number of aryl methyl sites for hydroxylation is 1. The molecule has 0 saturated heterocycles. The standard InChI is InChI=1S/C21H20F4N6O/c1-11-7-27-19-17(22)6-12(10-31(11)19)15-8-26-18-16(15)9-28-20(30-18)29-13-2-4-14(5-3-13)32-21(23,24)25/h6-10,13-14H,2-5H2,1H3,(H2,26,28,29,30). The second-order valence-corrected chi connectivity index (χ2v) is 8.01. The van der Waals surface area contributed by atoms with Crippen LogP contribution in [0.15, 0.2) is 30.9 Å². The van der Waals surface area contributed by atoms with Gasteiger partial charge in [0.05, 0.1) is 6.10 Å². The topological polar surface area (TPSA) is 80.1 Å². The molecule has 0 radical (unpaired) electrons. The summed E-state index contributed by atoms with van der Waals surface area (Å²) in [7, 11) is 0. The molecule has 11 heteroatoms. The maximum absolute atomic E-state index is 14.5. The predicted molar refractivity (Wildman–Crippen MR) is 110 cm³/mol. The number of nitrogens with one attached hydrogen (secondary N) is 2. The monoisotopic (exact) mass is 448 g/mol. The number of aromatic amines is 1. The second-order valence-electron chi connectivity index (χ2n) is 8.01. The number of nitrogens with zero attached hydrogens (tertiary/aromatic N) is 4. The van der Waals surface area contributed by atoms with Crippen LogP contribution in [0.4, 0.5) is 23.5 Å². The lowest BCUT2D eigenvalue weighted by molar-refractivity contribution is -0.345. The Bertz CT molecular complexity index is 1270. The molecule has 2 N–H and O–H groups in total. The van der Waals surface area contributed by atoms with Crippen molar-refractivity contribution in [1.82, 2.24) is 24.3 Å². The van der Waals surface area contributed by atoms with Gasteiger partial charge < -0.3 is 14.7 Å². The molecule has 0 atom stereocenters. The van der Waals surface area contributed by atoms with Gasteiger partial charge in [-0.05, 0) is 38.7 Å². The van der Waals surface area contributed by atoms with Gasteiger partial charge in [0, 0.05) is 53.0 Å². The van der Waals surface area contributed by atoms with E-state index in [4.69, 9.17) is 0 Å². The number of hydrogen-bond donors (Lipinski definition) is 2. The molecule has 4 heterocycles. The molecule has 168 valence electrons. The number of fused-ring (bicyclic) bond motifs is 2. The van der Waals surface area contributed by atoms with Crippen molar-refractivity contribution in [3.63, 3.8) is 0 Å². The number of halogens is 4. The normalized spacial score (nSPS) is 19.7. The minimum Gasteiger partial charge on any atom is -0.351 e. The van der Waals surface area contributed by atoms with E-state index in [1.165, 1.54) is 6.07 Å². The SMILES string of the molecule is Cc1cnc2c(F)cc(-c3c[nH]c4nc(NC5CCC(OC(F)(F)F)CC5)ncc34)cn12. The molecule has 5 rings (SSSR count). The first-order valence-corrected chi connectivity index (χ1v) is 10.3. The molecule has 0 aliphatic heterocycles. The molecule has 0 amide bonds. The van der Waals surface area contributed by atoms with E-state index in [2.05, 4.69) is 30.0 Å². The van der Waals surface area contributed by atoms with E-state index in [1.54, 1.807) is 23.0 Å². The lowest BCUT2D eigenvalue weighted by Crippen LogP contribution is -2.33. The zero-order valence-corrected chi connectivity index (χ0v) is 17.1. The second kappa shape index (κ2) is 7.73. The maximum Gasteiger partial charge on any atom is 0.522 e. The van der Waals surface area contributed by atoms with Crippen molar-refractivity contribution in [2.75, 3.05) is 5.32 Å². The summed E-state index contributed by atoms with van der Waals surface area (Å²) in [4.78, 5) is 16.0. The summed E-state index contributed by atoms with van der Waals surface area (Å²) in [5, 5.41) is 3.92. The summed E-state index contributed by atoms with van der Waals surface area (Å²) in [6.45, 7) is 1.85. The van der Waals surface area contributed by atoms with Gasteiger partial charge in [-0.15, -0.1) is 13.2 Å². The van der Waals surface area contributed by atoms with E-state index in [-0.39, 0.29) is 11.7 Å². The van der Waals surface area contributed by atoms with Crippen LogP contribution in [0.3, 0.4) is 0 Å². The van der Waals surface area contributed by atoms with Gasteiger partial charge in [-0.25, -0.2) is 14.4 Å². The Balaban J connectivity index is 1.33. The van der Waals surface area contributed by atoms with Crippen LogP contribution < -0.4 is 5.32 Å². The fourth-order valence-electron chi connectivity index (χ4n) is 4.22. The molecule has 7 nitrogen and oxygen atoms in total. The van der Waals surface area contributed by atoms with Crippen molar-refractivity contribution in [3.05, 3.63) is 42.4 Å². The zero-order chi connectivity index (χ0) is 22.5. The molecule has 0 bridgehead atoms. The number of pyridine rings is 1. The fourth-order valence-corrected chi connectivity index (χ4v) is 4.22.